The summed E-state index contributed by atoms with van der Waals surface area (Å²) < 4.78 is 49.3. The zero-order valence-electron chi connectivity index (χ0n) is 11.6. The lowest BCUT2D eigenvalue weighted by atomic mass is 10.1. The predicted octanol–water partition coefficient (Wildman–Crippen LogP) is 0.544. The van der Waals surface area contributed by atoms with E-state index in [0.29, 0.717) is 17.7 Å². The highest BCUT2D eigenvalue weighted by molar-refractivity contribution is 7.91. The van der Waals surface area contributed by atoms with E-state index < -0.39 is 19.9 Å². The third kappa shape index (κ3) is 4.46. The third-order valence-corrected chi connectivity index (χ3v) is 6.16. The molecule has 0 spiro atoms. The van der Waals surface area contributed by atoms with E-state index in [1.807, 2.05) is 6.92 Å². The molecule has 0 aromatic heterocycles. The van der Waals surface area contributed by atoms with Gasteiger partial charge in [0.2, 0.25) is 10.0 Å². The molecule has 20 heavy (non-hydrogen) atoms. The van der Waals surface area contributed by atoms with Gasteiger partial charge in [-0.2, -0.15) is 0 Å². The van der Waals surface area contributed by atoms with Crippen molar-refractivity contribution < 1.29 is 16.8 Å². The highest BCUT2D eigenvalue weighted by Gasteiger charge is 2.19. The van der Waals surface area contributed by atoms with Crippen LogP contribution in [0.15, 0.2) is 23.1 Å². The first-order valence-electron chi connectivity index (χ1n) is 6.30. The van der Waals surface area contributed by atoms with Crippen molar-refractivity contribution >= 4 is 25.5 Å². The Bertz CT molecular complexity index is 667. The fourth-order valence-corrected chi connectivity index (χ4v) is 3.87. The molecule has 0 aliphatic carbocycles. The summed E-state index contributed by atoms with van der Waals surface area (Å²) in [5.41, 5.74) is 6.60. The first-order chi connectivity index (χ1) is 9.22. The number of anilines is 1. The summed E-state index contributed by atoms with van der Waals surface area (Å²) in [6.07, 6.45) is 0.545. The summed E-state index contributed by atoms with van der Waals surface area (Å²) in [4.78, 5) is 0.105. The van der Waals surface area contributed by atoms with Crippen LogP contribution in [0.4, 0.5) is 5.69 Å². The van der Waals surface area contributed by atoms with Gasteiger partial charge in [0, 0.05) is 18.0 Å². The SMILES string of the molecule is CCc1ccc(N)cc1S(=O)(=O)NCCS(=O)(=O)CC. The highest BCUT2D eigenvalue weighted by Crippen LogP contribution is 2.19. The summed E-state index contributed by atoms with van der Waals surface area (Å²) in [6.45, 7) is 3.22. The maximum Gasteiger partial charge on any atom is 0.240 e. The van der Waals surface area contributed by atoms with Crippen molar-refractivity contribution in [1.29, 1.82) is 0 Å². The lowest BCUT2D eigenvalue weighted by Crippen LogP contribution is -2.30. The van der Waals surface area contributed by atoms with Gasteiger partial charge in [-0.3, -0.25) is 0 Å². The number of benzene rings is 1. The molecule has 8 heteroatoms. The first kappa shape index (κ1) is 16.9. The van der Waals surface area contributed by atoms with Crippen molar-refractivity contribution in [2.75, 3.05) is 23.8 Å². The van der Waals surface area contributed by atoms with Crippen LogP contribution >= 0.6 is 0 Å². The normalized spacial score (nSPS) is 12.5. The molecule has 1 aromatic carbocycles. The average molecular weight is 320 g/mol. The minimum absolute atomic E-state index is 0.00672. The Morgan fingerprint density at radius 1 is 1.15 bits per heavy atom. The molecule has 0 saturated heterocycles. The molecule has 0 fully saturated rings. The minimum Gasteiger partial charge on any atom is -0.399 e. The number of nitrogens with one attached hydrogen (secondary N) is 1. The van der Waals surface area contributed by atoms with E-state index in [4.69, 9.17) is 5.73 Å². The predicted molar refractivity (Wildman–Crippen MR) is 79.7 cm³/mol. The molecule has 0 radical (unpaired) electrons. The second kappa shape index (κ2) is 6.55. The Balaban J connectivity index is 2.92. The van der Waals surface area contributed by atoms with Crippen LogP contribution in [0, 0.1) is 0 Å². The van der Waals surface area contributed by atoms with Gasteiger partial charge in [-0.15, -0.1) is 0 Å². The maximum atomic E-state index is 12.2. The smallest absolute Gasteiger partial charge is 0.240 e. The van der Waals surface area contributed by atoms with Gasteiger partial charge >= 0.3 is 0 Å². The summed E-state index contributed by atoms with van der Waals surface area (Å²) in [5.74, 6) is -0.222. The van der Waals surface area contributed by atoms with Gasteiger partial charge in [0.25, 0.3) is 0 Å². The Hall–Kier alpha value is -1.12. The van der Waals surface area contributed by atoms with E-state index in [1.54, 1.807) is 12.1 Å². The van der Waals surface area contributed by atoms with Crippen LogP contribution < -0.4 is 10.5 Å². The van der Waals surface area contributed by atoms with Crippen molar-refractivity contribution in [3.8, 4) is 0 Å². The number of nitrogen functional groups attached to an aromatic ring is 1. The summed E-state index contributed by atoms with van der Waals surface area (Å²) in [6, 6.07) is 4.68. The summed E-state index contributed by atoms with van der Waals surface area (Å²) in [5, 5.41) is 0. The Labute approximate surface area is 120 Å². The third-order valence-electron chi connectivity index (χ3n) is 2.91. The number of sulfonamides is 1. The molecule has 0 unspecified atom stereocenters. The number of sulfone groups is 1. The van der Waals surface area contributed by atoms with E-state index in [1.165, 1.54) is 13.0 Å². The molecule has 0 aliphatic rings. The monoisotopic (exact) mass is 320 g/mol. The van der Waals surface area contributed by atoms with Gasteiger partial charge in [-0.05, 0) is 24.1 Å². The molecule has 6 nitrogen and oxygen atoms in total. The van der Waals surface area contributed by atoms with Crippen LogP contribution in [0.1, 0.15) is 19.4 Å². The van der Waals surface area contributed by atoms with Crippen LogP contribution in [0.5, 0.6) is 0 Å². The van der Waals surface area contributed by atoms with Gasteiger partial charge in [-0.1, -0.05) is 19.9 Å². The number of nitrogens with two attached hydrogens (primary N) is 1. The number of aryl methyl sites for hydroxylation is 1. The van der Waals surface area contributed by atoms with Crippen LogP contribution in [-0.2, 0) is 26.3 Å². The molecule has 3 N–H and O–H groups in total. The van der Waals surface area contributed by atoms with Crippen LogP contribution in [0.3, 0.4) is 0 Å². The number of hydrogen-bond donors (Lipinski definition) is 2. The van der Waals surface area contributed by atoms with Crippen molar-refractivity contribution in [2.24, 2.45) is 0 Å². The lowest BCUT2D eigenvalue weighted by Gasteiger charge is -2.11. The molecular formula is C12H20N2O4S2. The van der Waals surface area contributed by atoms with Crippen molar-refractivity contribution in [3.63, 3.8) is 0 Å². The van der Waals surface area contributed by atoms with Crippen LogP contribution in [-0.4, -0.2) is 34.9 Å². The topological polar surface area (TPSA) is 106 Å². The van der Waals surface area contributed by atoms with Gasteiger partial charge < -0.3 is 5.73 Å². The molecule has 0 saturated carbocycles. The largest absolute Gasteiger partial charge is 0.399 e. The Morgan fingerprint density at radius 3 is 2.35 bits per heavy atom. The zero-order chi connectivity index (χ0) is 15.4. The molecule has 1 rings (SSSR count). The van der Waals surface area contributed by atoms with Gasteiger partial charge in [0.05, 0.1) is 10.6 Å². The van der Waals surface area contributed by atoms with Crippen molar-refractivity contribution in [3.05, 3.63) is 23.8 Å². The lowest BCUT2D eigenvalue weighted by molar-refractivity contribution is 0.580. The number of rotatable bonds is 7. The number of hydrogen-bond acceptors (Lipinski definition) is 5. The minimum atomic E-state index is -3.75. The molecule has 0 aliphatic heterocycles. The average Bonchev–Trinajstić information content (AvgIpc) is 2.38. The van der Waals surface area contributed by atoms with Gasteiger partial charge in [-0.25, -0.2) is 21.6 Å². The molecule has 0 atom stereocenters. The molecule has 0 bridgehead atoms. The van der Waals surface area contributed by atoms with E-state index >= 15 is 0 Å². The summed E-state index contributed by atoms with van der Waals surface area (Å²) in [7, 11) is -6.95. The first-order valence-corrected chi connectivity index (χ1v) is 9.60. The van der Waals surface area contributed by atoms with Crippen molar-refractivity contribution in [2.45, 2.75) is 25.2 Å². The quantitative estimate of drug-likeness (QED) is 0.713. The maximum absolute atomic E-state index is 12.2. The summed E-state index contributed by atoms with van der Waals surface area (Å²) >= 11 is 0. The second-order valence-corrected chi connectivity index (χ2v) is 8.56. The Morgan fingerprint density at radius 2 is 1.80 bits per heavy atom. The van der Waals surface area contributed by atoms with Crippen LogP contribution in [0.2, 0.25) is 0 Å². The van der Waals surface area contributed by atoms with E-state index in [-0.39, 0.29) is 22.9 Å². The van der Waals surface area contributed by atoms with Gasteiger partial charge in [0.1, 0.15) is 0 Å². The zero-order valence-corrected chi connectivity index (χ0v) is 13.2. The van der Waals surface area contributed by atoms with E-state index in [0.717, 1.165) is 0 Å². The Kier molecular flexibility index (Phi) is 5.55. The molecule has 0 amide bonds. The fourth-order valence-electron chi connectivity index (χ4n) is 1.67. The van der Waals surface area contributed by atoms with E-state index in [2.05, 4.69) is 4.72 Å². The molecular weight excluding hydrogens is 300 g/mol. The fraction of sp³-hybridized carbons (Fsp3) is 0.500. The standard InChI is InChI=1S/C12H20N2O4S2/c1-3-10-5-6-11(13)9-12(10)20(17,18)14-7-8-19(15,16)4-2/h5-6,9,14H,3-4,7-8,13H2,1-2H3. The van der Waals surface area contributed by atoms with Gasteiger partial charge in [0.15, 0.2) is 9.84 Å². The second-order valence-electron chi connectivity index (χ2n) is 4.35. The molecule has 114 valence electrons. The van der Waals surface area contributed by atoms with E-state index in [9.17, 15) is 16.8 Å². The molecule has 1 aromatic rings. The molecule has 0 heterocycles. The highest BCUT2D eigenvalue weighted by atomic mass is 32.2. The van der Waals surface area contributed by atoms with Crippen molar-refractivity contribution in [1.82, 2.24) is 4.72 Å². The van der Waals surface area contributed by atoms with Crippen LogP contribution in [0.25, 0.3) is 0 Å².